The molecule has 1 aromatic heterocycles. The second-order valence-corrected chi connectivity index (χ2v) is 12.2. The molecule has 3 aromatic rings. The first kappa shape index (κ1) is 28.7. The minimum absolute atomic E-state index is 0.0372. The normalized spacial score (nSPS) is 22.0. The lowest BCUT2D eigenvalue weighted by molar-refractivity contribution is -0.0405. The van der Waals surface area contributed by atoms with Crippen LogP contribution in [0.3, 0.4) is 0 Å². The molecule has 1 saturated carbocycles. The molecule has 0 spiro atoms. The van der Waals surface area contributed by atoms with Crippen LogP contribution in [-0.4, -0.2) is 50.5 Å². The van der Waals surface area contributed by atoms with Crippen molar-refractivity contribution in [2.45, 2.75) is 95.0 Å². The number of hydrogen-bond acceptors (Lipinski definition) is 4. The van der Waals surface area contributed by atoms with Gasteiger partial charge in [0, 0.05) is 51.3 Å². The van der Waals surface area contributed by atoms with Gasteiger partial charge in [0.25, 0.3) is 0 Å². The Kier molecular flexibility index (Phi) is 8.54. The van der Waals surface area contributed by atoms with Crippen molar-refractivity contribution in [3.05, 3.63) is 100 Å². The van der Waals surface area contributed by atoms with Crippen LogP contribution in [0.5, 0.6) is 0 Å². The lowest BCUT2D eigenvalue weighted by atomic mass is 9.89. The summed E-state index contributed by atoms with van der Waals surface area (Å²) in [5, 5.41) is 13.6. The summed E-state index contributed by atoms with van der Waals surface area (Å²) in [6, 6.07) is 20.9. The predicted octanol–water partition coefficient (Wildman–Crippen LogP) is 6.73. The highest BCUT2D eigenvalue weighted by molar-refractivity contribution is 5.66. The molecule has 6 nitrogen and oxygen atoms in total. The van der Waals surface area contributed by atoms with E-state index in [0.29, 0.717) is 45.4 Å². The maximum atomic E-state index is 13.5. The minimum Gasteiger partial charge on any atom is -0.465 e. The van der Waals surface area contributed by atoms with Crippen LogP contribution in [0.1, 0.15) is 78.1 Å². The number of carbonyl (C=O) groups is 1. The Morgan fingerprint density at radius 2 is 1.69 bits per heavy atom. The number of rotatable bonds is 8. The van der Waals surface area contributed by atoms with E-state index in [1.165, 1.54) is 11.1 Å². The summed E-state index contributed by atoms with van der Waals surface area (Å²) >= 11 is 0. The Bertz CT molecular complexity index is 1370. The topological polar surface area (TPSA) is 68.7 Å². The predicted molar refractivity (Wildman–Crippen MR) is 158 cm³/mol. The molecule has 0 bridgehead atoms. The molecule has 3 aliphatic rings. The standard InChI is InChI=1S/C34H40F2N4O2/c35-34(36)16-14-29(15-17-34)38-20-24-10-12-25(13-11-24)21-39(31-9-3-7-26-8-4-18-37-32(26)31)23-30-19-27-5-1-2-6-28(27)22-40(30)33(41)42/h1-2,4-6,8,10-13,18,29-31,38H,3,7,9,14-17,19-23H2,(H,41,42). The summed E-state index contributed by atoms with van der Waals surface area (Å²) in [6.07, 6.45) is 5.71. The number of fused-ring (bicyclic) bond motifs is 2. The number of nitrogens with zero attached hydrogens (tertiary/aromatic N) is 3. The molecule has 8 heteroatoms. The fourth-order valence-corrected chi connectivity index (χ4v) is 6.99. The molecule has 2 aromatic carbocycles. The molecule has 6 rings (SSSR count). The Labute approximate surface area is 246 Å². The average Bonchev–Trinajstić information content (AvgIpc) is 3.00. The summed E-state index contributed by atoms with van der Waals surface area (Å²) in [7, 11) is 0. The van der Waals surface area contributed by atoms with Gasteiger partial charge in [-0.25, -0.2) is 13.6 Å². The minimum atomic E-state index is -2.51. The van der Waals surface area contributed by atoms with Gasteiger partial charge in [-0.1, -0.05) is 54.6 Å². The highest BCUT2D eigenvalue weighted by Gasteiger charge is 2.36. The number of benzene rings is 2. The van der Waals surface area contributed by atoms with E-state index in [2.05, 4.69) is 46.6 Å². The lowest BCUT2D eigenvalue weighted by Gasteiger charge is -2.41. The highest BCUT2D eigenvalue weighted by Crippen LogP contribution is 2.36. The third-order valence-electron chi connectivity index (χ3n) is 9.37. The van der Waals surface area contributed by atoms with Crippen LogP contribution in [0, 0.1) is 0 Å². The molecule has 2 N–H and O–H groups in total. The third-order valence-corrected chi connectivity index (χ3v) is 9.37. The first-order valence-corrected chi connectivity index (χ1v) is 15.3. The zero-order valence-corrected chi connectivity index (χ0v) is 24.0. The number of pyridine rings is 1. The van der Waals surface area contributed by atoms with Crippen LogP contribution >= 0.6 is 0 Å². The van der Waals surface area contributed by atoms with E-state index >= 15 is 0 Å². The van der Waals surface area contributed by atoms with Gasteiger partial charge in [0.05, 0.1) is 17.8 Å². The molecule has 1 amide bonds. The summed E-state index contributed by atoms with van der Waals surface area (Å²) in [5.41, 5.74) is 7.00. The van der Waals surface area contributed by atoms with Gasteiger partial charge >= 0.3 is 6.09 Å². The van der Waals surface area contributed by atoms with Gasteiger partial charge in [-0.05, 0) is 72.4 Å². The van der Waals surface area contributed by atoms with Crippen molar-refractivity contribution in [1.82, 2.24) is 20.1 Å². The van der Waals surface area contributed by atoms with E-state index in [9.17, 15) is 18.7 Å². The highest BCUT2D eigenvalue weighted by atomic mass is 19.3. The van der Waals surface area contributed by atoms with Crippen molar-refractivity contribution in [3.63, 3.8) is 0 Å². The van der Waals surface area contributed by atoms with Crippen molar-refractivity contribution in [2.24, 2.45) is 0 Å². The van der Waals surface area contributed by atoms with Gasteiger partial charge in [-0.2, -0.15) is 0 Å². The molecule has 42 heavy (non-hydrogen) atoms. The third kappa shape index (κ3) is 6.65. The van der Waals surface area contributed by atoms with Crippen LogP contribution in [-0.2, 0) is 32.5 Å². The smallest absolute Gasteiger partial charge is 0.407 e. The molecule has 2 atom stereocenters. The van der Waals surface area contributed by atoms with Gasteiger partial charge in [0.2, 0.25) is 5.92 Å². The Morgan fingerprint density at radius 1 is 0.976 bits per heavy atom. The van der Waals surface area contributed by atoms with Crippen LogP contribution in [0.25, 0.3) is 0 Å². The van der Waals surface area contributed by atoms with Crippen LogP contribution < -0.4 is 5.32 Å². The van der Waals surface area contributed by atoms with Gasteiger partial charge in [-0.3, -0.25) is 14.8 Å². The maximum Gasteiger partial charge on any atom is 0.407 e. The first-order valence-electron chi connectivity index (χ1n) is 15.3. The molecular weight excluding hydrogens is 534 g/mol. The molecule has 1 fully saturated rings. The van der Waals surface area contributed by atoms with E-state index in [4.69, 9.17) is 4.98 Å². The fourth-order valence-electron chi connectivity index (χ4n) is 6.99. The molecule has 1 aliphatic heterocycles. The lowest BCUT2D eigenvalue weighted by Crippen LogP contribution is -2.50. The van der Waals surface area contributed by atoms with Crippen molar-refractivity contribution in [3.8, 4) is 0 Å². The van der Waals surface area contributed by atoms with Gasteiger partial charge in [-0.15, -0.1) is 0 Å². The van der Waals surface area contributed by atoms with Gasteiger partial charge < -0.3 is 10.4 Å². The molecule has 2 aliphatic carbocycles. The monoisotopic (exact) mass is 574 g/mol. The Morgan fingerprint density at radius 3 is 2.45 bits per heavy atom. The maximum absolute atomic E-state index is 13.5. The zero-order chi connectivity index (χ0) is 29.1. The number of aryl methyl sites for hydroxylation is 1. The number of carboxylic acid groups (broad SMARTS) is 1. The van der Waals surface area contributed by atoms with E-state index in [1.807, 2.05) is 30.5 Å². The molecule has 0 saturated heterocycles. The van der Waals surface area contributed by atoms with E-state index in [1.54, 1.807) is 4.90 Å². The Balaban J connectivity index is 1.19. The molecule has 2 unspecified atom stereocenters. The van der Waals surface area contributed by atoms with Crippen LogP contribution in [0.2, 0.25) is 0 Å². The SMILES string of the molecule is O=C(O)N1Cc2ccccc2CC1CN(Cc1ccc(CNC2CCC(F)(F)CC2)cc1)C1CCCc2cccnc21. The Hall–Kier alpha value is -3.36. The van der Waals surface area contributed by atoms with Crippen molar-refractivity contribution >= 4 is 6.09 Å². The quantitative estimate of drug-likeness (QED) is 0.312. The van der Waals surface area contributed by atoms with Crippen LogP contribution in [0.4, 0.5) is 13.6 Å². The van der Waals surface area contributed by atoms with Gasteiger partial charge in [0.1, 0.15) is 0 Å². The average molecular weight is 575 g/mol. The number of aromatic nitrogens is 1. The number of halogens is 2. The number of nitrogens with one attached hydrogen (secondary N) is 1. The molecule has 2 heterocycles. The van der Waals surface area contributed by atoms with E-state index < -0.39 is 12.0 Å². The summed E-state index contributed by atoms with van der Waals surface area (Å²) in [6.45, 7) is 2.38. The molecule has 0 radical (unpaired) electrons. The number of amides is 1. The molecular formula is C34H40F2N4O2. The second kappa shape index (κ2) is 12.5. The summed E-state index contributed by atoms with van der Waals surface area (Å²) < 4.78 is 27.0. The van der Waals surface area contributed by atoms with Crippen molar-refractivity contribution in [2.75, 3.05) is 6.54 Å². The van der Waals surface area contributed by atoms with Crippen molar-refractivity contribution < 1.29 is 18.7 Å². The largest absolute Gasteiger partial charge is 0.465 e. The summed E-state index contributed by atoms with van der Waals surface area (Å²) in [4.78, 5) is 21.2. The van der Waals surface area contributed by atoms with E-state index in [-0.39, 0.29) is 31.0 Å². The number of alkyl halides is 2. The summed E-state index contributed by atoms with van der Waals surface area (Å²) in [5.74, 6) is -2.51. The van der Waals surface area contributed by atoms with E-state index in [0.717, 1.165) is 41.6 Å². The number of hydrogen-bond donors (Lipinski definition) is 2. The van der Waals surface area contributed by atoms with Crippen LogP contribution in [0.15, 0.2) is 66.9 Å². The second-order valence-electron chi connectivity index (χ2n) is 12.2. The zero-order valence-electron chi connectivity index (χ0n) is 24.0. The van der Waals surface area contributed by atoms with Gasteiger partial charge in [0.15, 0.2) is 0 Å². The molecule has 222 valence electrons. The van der Waals surface area contributed by atoms with Crippen molar-refractivity contribution in [1.29, 1.82) is 0 Å². The fraction of sp³-hybridized carbons (Fsp3) is 0.471. The first-order chi connectivity index (χ1) is 20.3.